The zero-order valence-electron chi connectivity index (χ0n) is 19.8. The number of hydrogen-bond acceptors (Lipinski definition) is 5. The number of carbonyl (C=O) groups excluding carboxylic acids is 1. The van der Waals surface area contributed by atoms with E-state index in [0.29, 0.717) is 36.4 Å². The molecule has 5 heteroatoms. The van der Waals surface area contributed by atoms with Crippen LogP contribution in [-0.4, -0.2) is 38.8 Å². The standard InChI is InChI=1S/C26H42O3S2/c1-16(5-10-23(31)17(2)30)21-8-9-22(26(21,4)13-14-27)20-7-6-18-15-19(28)11-12-25(18,3)24(20)29/h6,16-17,19-22,27-28,30H,5,7-15H2,1-4H3/t16-,17?,19+,20-,21?,22?,25+,26-/m1/s1. The summed E-state index contributed by atoms with van der Waals surface area (Å²) in [6, 6.07) is 0. The summed E-state index contributed by atoms with van der Waals surface area (Å²) < 4.78 is 0. The van der Waals surface area contributed by atoms with Gasteiger partial charge >= 0.3 is 0 Å². The first-order valence-corrected chi connectivity index (χ1v) is 13.2. The SMILES string of the molecule is CC(S)C(=S)CC[C@@H](C)C1CCC([C@H]2CC=C3C[C@@H](O)CC[C@]3(C)C2=O)[C@]1(C)CCO. The van der Waals surface area contributed by atoms with Crippen LogP contribution in [0.25, 0.3) is 0 Å². The molecule has 0 radical (unpaired) electrons. The minimum atomic E-state index is -0.402. The Labute approximate surface area is 199 Å². The van der Waals surface area contributed by atoms with Gasteiger partial charge in [-0.05, 0) is 94.8 Å². The van der Waals surface area contributed by atoms with Gasteiger partial charge in [0, 0.05) is 28.1 Å². The van der Waals surface area contributed by atoms with Crippen LogP contribution in [0.5, 0.6) is 0 Å². The van der Waals surface area contributed by atoms with E-state index in [2.05, 4.69) is 39.5 Å². The molecular formula is C26H42O3S2. The molecule has 0 saturated heterocycles. The Morgan fingerprint density at radius 3 is 2.65 bits per heavy atom. The summed E-state index contributed by atoms with van der Waals surface area (Å²) in [4.78, 5) is 14.9. The summed E-state index contributed by atoms with van der Waals surface area (Å²) in [5.74, 6) is 1.76. The Morgan fingerprint density at radius 1 is 1.29 bits per heavy atom. The van der Waals surface area contributed by atoms with E-state index in [1.807, 2.05) is 6.92 Å². The highest BCUT2D eigenvalue weighted by molar-refractivity contribution is 7.86. The summed E-state index contributed by atoms with van der Waals surface area (Å²) in [5.41, 5.74) is 0.730. The first-order valence-electron chi connectivity index (χ1n) is 12.3. The first-order chi connectivity index (χ1) is 14.5. The lowest BCUT2D eigenvalue weighted by Gasteiger charge is -2.48. The van der Waals surface area contributed by atoms with E-state index in [-0.39, 0.29) is 29.3 Å². The van der Waals surface area contributed by atoms with Gasteiger partial charge in [0.15, 0.2) is 0 Å². The van der Waals surface area contributed by atoms with Gasteiger partial charge in [-0.1, -0.05) is 37.7 Å². The zero-order valence-corrected chi connectivity index (χ0v) is 21.5. The van der Waals surface area contributed by atoms with Gasteiger partial charge in [-0.25, -0.2) is 0 Å². The number of thiol groups is 1. The molecule has 3 unspecified atom stereocenters. The van der Waals surface area contributed by atoms with Crippen LogP contribution in [0.1, 0.15) is 85.5 Å². The van der Waals surface area contributed by atoms with Crippen LogP contribution in [0.3, 0.4) is 0 Å². The van der Waals surface area contributed by atoms with Gasteiger partial charge in [0.25, 0.3) is 0 Å². The molecule has 0 aliphatic heterocycles. The number of ketones is 1. The molecular weight excluding hydrogens is 424 g/mol. The molecule has 0 amide bonds. The Bertz CT molecular complexity index is 717. The monoisotopic (exact) mass is 466 g/mol. The molecule has 0 aromatic heterocycles. The zero-order chi connectivity index (χ0) is 23.0. The molecule has 2 N–H and O–H groups in total. The molecule has 3 nitrogen and oxygen atoms in total. The minimum absolute atomic E-state index is 0.0292. The molecule has 176 valence electrons. The normalized spacial score (nSPS) is 40.2. The van der Waals surface area contributed by atoms with Gasteiger partial charge in [-0.2, -0.15) is 12.6 Å². The lowest BCUT2D eigenvalue weighted by molar-refractivity contribution is -0.136. The number of hydrogen-bond donors (Lipinski definition) is 3. The molecule has 31 heavy (non-hydrogen) atoms. The fourth-order valence-corrected chi connectivity index (χ4v) is 7.45. The van der Waals surface area contributed by atoms with Gasteiger partial charge in [-0.3, -0.25) is 4.79 Å². The number of aliphatic hydroxyl groups excluding tert-OH is 2. The fourth-order valence-electron chi connectivity index (χ4n) is 7.20. The Kier molecular flexibility index (Phi) is 8.15. The van der Waals surface area contributed by atoms with E-state index < -0.39 is 5.41 Å². The first kappa shape index (κ1) is 25.4. The van der Waals surface area contributed by atoms with Crippen molar-refractivity contribution in [3.8, 4) is 0 Å². The van der Waals surface area contributed by atoms with E-state index in [1.54, 1.807) is 0 Å². The van der Waals surface area contributed by atoms with Crippen LogP contribution in [0.4, 0.5) is 0 Å². The topological polar surface area (TPSA) is 57.5 Å². The highest BCUT2D eigenvalue weighted by atomic mass is 32.1. The molecule has 3 aliphatic rings. The molecule has 0 heterocycles. The van der Waals surface area contributed by atoms with E-state index in [1.165, 1.54) is 0 Å². The van der Waals surface area contributed by atoms with Gasteiger partial charge in [-0.15, -0.1) is 0 Å². The highest BCUT2D eigenvalue weighted by Crippen LogP contribution is 2.59. The van der Waals surface area contributed by atoms with Crippen molar-refractivity contribution in [2.45, 2.75) is 96.8 Å². The molecule has 0 bridgehead atoms. The maximum atomic E-state index is 13.8. The fraction of sp³-hybridized carbons (Fsp3) is 0.846. The third-order valence-corrected chi connectivity index (χ3v) is 10.3. The maximum Gasteiger partial charge on any atom is 0.146 e. The van der Waals surface area contributed by atoms with Gasteiger partial charge in [0.05, 0.1) is 6.10 Å². The number of fused-ring (bicyclic) bond motifs is 1. The van der Waals surface area contributed by atoms with Crippen LogP contribution in [0.15, 0.2) is 11.6 Å². The average Bonchev–Trinajstić information content (AvgIpc) is 3.04. The molecule has 0 spiro atoms. The number of Topliss-reactive ketones (excluding diaryl/α,β-unsaturated/α-hetero) is 1. The van der Waals surface area contributed by atoms with Crippen molar-refractivity contribution >= 4 is 35.5 Å². The molecule has 3 aliphatic carbocycles. The summed E-state index contributed by atoms with van der Waals surface area (Å²) in [6.45, 7) is 8.99. The van der Waals surface area contributed by atoms with Crippen molar-refractivity contribution < 1.29 is 15.0 Å². The van der Waals surface area contributed by atoms with Gasteiger partial charge in [0.1, 0.15) is 5.78 Å². The Hall–Kier alpha value is -0.230. The largest absolute Gasteiger partial charge is 0.396 e. The lowest BCUT2D eigenvalue weighted by atomic mass is 9.56. The van der Waals surface area contributed by atoms with Crippen LogP contribution in [-0.2, 0) is 4.79 Å². The van der Waals surface area contributed by atoms with Crippen molar-refractivity contribution in [3.05, 3.63) is 11.6 Å². The molecule has 0 aromatic carbocycles. The van der Waals surface area contributed by atoms with Crippen LogP contribution < -0.4 is 0 Å². The number of carbonyl (C=O) groups is 1. The van der Waals surface area contributed by atoms with Crippen LogP contribution in [0, 0.1) is 34.5 Å². The third kappa shape index (κ3) is 4.85. The average molecular weight is 467 g/mol. The Morgan fingerprint density at radius 2 is 2.00 bits per heavy atom. The molecule has 8 atom stereocenters. The predicted molar refractivity (Wildman–Crippen MR) is 135 cm³/mol. The molecule has 2 saturated carbocycles. The third-order valence-electron chi connectivity index (χ3n) is 9.26. The maximum absolute atomic E-state index is 13.8. The van der Waals surface area contributed by atoms with Crippen molar-refractivity contribution in [2.24, 2.45) is 34.5 Å². The van der Waals surface area contributed by atoms with Gasteiger partial charge in [0.2, 0.25) is 0 Å². The minimum Gasteiger partial charge on any atom is -0.396 e. The van der Waals surface area contributed by atoms with Gasteiger partial charge < -0.3 is 10.2 Å². The number of allylic oxidation sites excluding steroid dienone is 1. The van der Waals surface area contributed by atoms with Crippen LogP contribution in [0.2, 0.25) is 0 Å². The van der Waals surface area contributed by atoms with E-state index in [9.17, 15) is 15.0 Å². The predicted octanol–water partition coefficient (Wildman–Crippen LogP) is 5.57. The Balaban J connectivity index is 1.80. The summed E-state index contributed by atoms with van der Waals surface area (Å²) in [5, 5.41) is 20.2. The molecule has 3 rings (SSSR count). The van der Waals surface area contributed by atoms with E-state index >= 15 is 0 Å². The second-order valence-electron chi connectivity index (χ2n) is 11.1. The number of aliphatic hydroxyl groups is 2. The lowest BCUT2D eigenvalue weighted by Crippen LogP contribution is -2.47. The van der Waals surface area contributed by atoms with E-state index in [4.69, 9.17) is 12.2 Å². The van der Waals surface area contributed by atoms with Crippen molar-refractivity contribution in [1.82, 2.24) is 0 Å². The highest BCUT2D eigenvalue weighted by Gasteiger charge is 2.55. The smallest absolute Gasteiger partial charge is 0.146 e. The second kappa shape index (κ2) is 9.95. The molecule has 0 aromatic rings. The summed E-state index contributed by atoms with van der Waals surface area (Å²) in [7, 11) is 0. The van der Waals surface area contributed by atoms with E-state index in [0.717, 1.165) is 55.4 Å². The van der Waals surface area contributed by atoms with Crippen molar-refractivity contribution in [3.63, 3.8) is 0 Å². The summed E-state index contributed by atoms with van der Waals surface area (Å²) >= 11 is 9.99. The number of rotatable bonds is 8. The molecule has 2 fully saturated rings. The van der Waals surface area contributed by atoms with Crippen molar-refractivity contribution in [2.75, 3.05) is 6.61 Å². The summed E-state index contributed by atoms with van der Waals surface area (Å²) in [6.07, 6.45) is 9.83. The number of thiocarbonyl (C=S) groups is 1. The second-order valence-corrected chi connectivity index (χ2v) is 12.4. The quantitative estimate of drug-likeness (QED) is 0.249. The van der Waals surface area contributed by atoms with Crippen molar-refractivity contribution in [1.29, 1.82) is 0 Å². The van der Waals surface area contributed by atoms with Crippen LogP contribution >= 0.6 is 24.8 Å².